The van der Waals surface area contributed by atoms with Gasteiger partial charge in [0.25, 0.3) is 10.0 Å². The van der Waals surface area contributed by atoms with Crippen LogP contribution in [0.15, 0.2) is 11.2 Å². The minimum absolute atomic E-state index is 0.0759. The molecule has 8 nitrogen and oxygen atoms in total. The predicted octanol–water partition coefficient (Wildman–Crippen LogP) is -0.501. The van der Waals surface area contributed by atoms with E-state index in [9.17, 15) is 13.2 Å². The highest BCUT2D eigenvalue weighted by molar-refractivity contribution is 7.89. The van der Waals surface area contributed by atoms with Crippen molar-refractivity contribution in [1.29, 1.82) is 0 Å². The second-order valence-corrected chi connectivity index (χ2v) is 6.63. The van der Waals surface area contributed by atoms with E-state index in [-0.39, 0.29) is 11.4 Å². The number of sulfonamides is 1. The maximum absolute atomic E-state index is 12.3. The summed E-state index contributed by atoms with van der Waals surface area (Å²) in [7, 11) is -3.52. The average molecular weight is 302 g/mol. The van der Waals surface area contributed by atoms with Crippen molar-refractivity contribution in [2.75, 3.05) is 32.7 Å². The van der Waals surface area contributed by atoms with Crippen molar-refractivity contribution in [1.82, 2.24) is 19.2 Å². The molecule has 1 aromatic heterocycles. The number of aromatic nitrogens is 2. The van der Waals surface area contributed by atoms with E-state index in [0.29, 0.717) is 38.5 Å². The number of nitrogens with zero attached hydrogens (tertiary/aromatic N) is 3. The molecule has 0 amide bonds. The number of carboxylic acids is 1. The van der Waals surface area contributed by atoms with Crippen molar-refractivity contribution in [2.24, 2.45) is 0 Å². The minimum Gasteiger partial charge on any atom is -0.481 e. The molecule has 0 spiro atoms. The fourth-order valence-electron chi connectivity index (χ4n) is 2.12. The van der Waals surface area contributed by atoms with Crippen LogP contribution in [0, 0.1) is 6.92 Å². The van der Waals surface area contributed by atoms with Crippen LogP contribution in [0.4, 0.5) is 0 Å². The Bertz CT molecular complexity index is 575. The number of piperazine rings is 1. The molecule has 0 atom stereocenters. The molecule has 0 aromatic carbocycles. The molecule has 2 rings (SSSR count). The van der Waals surface area contributed by atoms with Crippen LogP contribution in [-0.4, -0.2) is 71.4 Å². The van der Waals surface area contributed by atoms with Gasteiger partial charge >= 0.3 is 5.97 Å². The zero-order chi connectivity index (χ0) is 14.8. The van der Waals surface area contributed by atoms with Crippen LogP contribution in [0.5, 0.6) is 0 Å². The molecule has 9 heteroatoms. The van der Waals surface area contributed by atoms with Crippen molar-refractivity contribution in [2.45, 2.75) is 18.4 Å². The minimum atomic E-state index is -3.52. The normalized spacial score (nSPS) is 18.2. The van der Waals surface area contributed by atoms with Gasteiger partial charge in [-0.1, -0.05) is 0 Å². The molecule has 2 heterocycles. The smallest absolute Gasteiger partial charge is 0.304 e. The topological polar surface area (TPSA) is 107 Å². The van der Waals surface area contributed by atoms with Gasteiger partial charge in [-0.2, -0.15) is 4.31 Å². The van der Waals surface area contributed by atoms with Crippen molar-refractivity contribution >= 4 is 16.0 Å². The molecule has 0 aliphatic carbocycles. The maximum atomic E-state index is 12.3. The van der Waals surface area contributed by atoms with Crippen LogP contribution in [-0.2, 0) is 14.8 Å². The fraction of sp³-hybridized carbons (Fsp3) is 0.636. The summed E-state index contributed by atoms with van der Waals surface area (Å²) < 4.78 is 26.0. The number of H-pyrrole nitrogens is 1. The first-order chi connectivity index (χ1) is 9.39. The van der Waals surface area contributed by atoms with Crippen LogP contribution in [0.2, 0.25) is 0 Å². The number of hydrogen-bond donors (Lipinski definition) is 2. The Morgan fingerprint density at radius 1 is 1.40 bits per heavy atom. The van der Waals surface area contributed by atoms with E-state index in [0.717, 1.165) is 0 Å². The highest BCUT2D eigenvalue weighted by Crippen LogP contribution is 2.15. The van der Waals surface area contributed by atoms with E-state index in [1.54, 1.807) is 6.92 Å². The number of aromatic amines is 1. The number of nitrogens with one attached hydrogen (secondary N) is 1. The molecule has 0 radical (unpaired) electrons. The summed E-state index contributed by atoms with van der Waals surface area (Å²) in [6.07, 6.45) is 1.40. The summed E-state index contributed by atoms with van der Waals surface area (Å²) in [5.74, 6) is -0.281. The average Bonchev–Trinajstić information content (AvgIpc) is 2.84. The zero-order valence-electron chi connectivity index (χ0n) is 11.2. The quantitative estimate of drug-likeness (QED) is 0.759. The second kappa shape index (κ2) is 5.90. The summed E-state index contributed by atoms with van der Waals surface area (Å²) >= 11 is 0. The molecule has 1 saturated heterocycles. The molecule has 20 heavy (non-hydrogen) atoms. The summed E-state index contributed by atoms with van der Waals surface area (Å²) in [4.78, 5) is 19.1. The van der Waals surface area contributed by atoms with Gasteiger partial charge in [0.05, 0.1) is 12.6 Å². The Morgan fingerprint density at radius 3 is 2.55 bits per heavy atom. The van der Waals surface area contributed by atoms with Crippen molar-refractivity contribution < 1.29 is 18.3 Å². The number of aryl methyl sites for hydroxylation is 1. The molecule has 2 N–H and O–H groups in total. The third-order valence-electron chi connectivity index (χ3n) is 3.27. The lowest BCUT2D eigenvalue weighted by Crippen LogP contribution is -2.49. The molecule has 1 aliphatic rings. The number of carboxylic acid groups (broad SMARTS) is 1. The SMILES string of the molecule is Cc1ncc(S(=O)(=O)N2CCN(CCC(=O)O)CC2)[nH]1. The van der Waals surface area contributed by atoms with E-state index >= 15 is 0 Å². The Hall–Kier alpha value is -1.45. The Morgan fingerprint density at radius 2 is 2.05 bits per heavy atom. The maximum Gasteiger partial charge on any atom is 0.304 e. The molecule has 1 aliphatic heterocycles. The molecular formula is C11H18N4O4S. The molecule has 1 aromatic rings. The highest BCUT2D eigenvalue weighted by atomic mass is 32.2. The van der Waals surface area contributed by atoms with Crippen molar-refractivity contribution in [3.05, 3.63) is 12.0 Å². The van der Waals surface area contributed by atoms with Gasteiger partial charge in [0.15, 0.2) is 5.03 Å². The zero-order valence-corrected chi connectivity index (χ0v) is 12.1. The summed E-state index contributed by atoms with van der Waals surface area (Å²) in [6, 6.07) is 0. The molecular weight excluding hydrogens is 284 g/mol. The highest BCUT2D eigenvalue weighted by Gasteiger charge is 2.29. The van der Waals surface area contributed by atoms with Gasteiger partial charge in [-0.3, -0.25) is 4.79 Å². The van der Waals surface area contributed by atoms with Crippen molar-refractivity contribution in [3.8, 4) is 0 Å². The van der Waals surface area contributed by atoms with Gasteiger partial charge in [0, 0.05) is 32.7 Å². The number of imidazole rings is 1. The molecule has 0 bridgehead atoms. The van der Waals surface area contributed by atoms with Gasteiger partial charge in [0.2, 0.25) is 0 Å². The van der Waals surface area contributed by atoms with Crippen LogP contribution in [0.3, 0.4) is 0 Å². The summed E-state index contributed by atoms with van der Waals surface area (Å²) in [5.41, 5.74) is 0. The molecule has 0 unspecified atom stereocenters. The van der Waals surface area contributed by atoms with E-state index in [4.69, 9.17) is 5.11 Å². The fourth-order valence-corrected chi connectivity index (χ4v) is 3.50. The van der Waals surface area contributed by atoms with E-state index in [1.165, 1.54) is 10.5 Å². The largest absolute Gasteiger partial charge is 0.481 e. The summed E-state index contributed by atoms with van der Waals surface area (Å²) in [6.45, 7) is 3.95. The molecule has 112 valence electrons. The van der Waals surface area contributed by atoms with Gasteiger partial charge in [-0.15, -0.1) is 0 Å². The van der Waals surface area contributed by atoms with Crippen LogP contribution >= 0.6 is 0 Å². The van der Waals surface area contributed by atoms with Crippen LogP contribution in [0.25, 0.3) is 0 Å². The first-order valence-corrected chi connectivity index (χ1v) is 7.79. The lowest BCUT2D eigenvalue weighted by Gasteiger charge is -2.33. The lowest BCUT2D eigenvalue weighted by molar-refractivity contribution is -0.137. The Kier molecular flexibility index (Phi) is 4.41. The van der Waals surface area contributed by atoms with Crippen molar-refractivity contribution in [3.63, 3.8) is 0 Å². The Balaban J connectivity index is 1.95. The Labute approximate surface area is 117 Å². The van der Waals surface area contributed by atoms with E-state index in [1.807, 2.05) is 4.90 Å². The first kappa shape index (κ1) is 14.9. The second-order valence-electron chi connectivity index (χ2n) is 4.72. The van der Waals surface area contributed by atoms with Gasteiger partial charge in [-0.25, -0.2) is 13.4 Å². The first-order valence-electron chi connectivity index (χ1n) is 6.35. The summed E-state index contributed by atoms with van der Waals surface area (Å²) in [5, 5.41) is 8.74. The lowest BCUT2D eigenvalue weighted by atomic mass is 10.3. The van der Waals surface area contributed by atoms with Crippen LogP contribution in [0.1, 0.15) is 12.2 Å². The van der Waals surface area contributed by atoms with Gasteiger partial charge < -0.3 is 15.0 Å². The number of carbonyl (C=O) groups is 1. The van der Waals surface area contributed by atoms with E-state index in [2.05, 4.69) is 9.97 Å². The van der Waals surface area contributed by atoms with Gasteiger partial charge in [-0.05, 0) is 6.92 Å². The van der Waals surface area contributed by atoms with Gasteiger partial charge in [0.1, 0.15) is 5.82 Å². The standard InChI is InChI=1S/C11H18N4O4S/c1-9-12-8-10(13-9)20(18,19)15-6-4-14(5-7-15)3-2-11(16)17/h8H,2-7H2,1H3,(H,12,13)(H,16,17). The third-order valence-corrected chi connectivity index (χ3v) is 5.08. The number of rotatable bonds is 5. The number of hydrogen-bond acceptors (Lipinski definition) is 5. The van der Waals surface area contributed by atoms with E-state index < -0.39 is 16.0 Å². The number of aliphatic carboxylic acids is 1. The third kappa shape index (κ3) is 3.35. The molecule has 0 saturated carbocycles. The molecule has 1 fully saturated rings. The monoisotopic (exact) mass is 302 g/mol. The predicted molar refractivity (Wildman–Crippen MR) is 70.8 cm³/mol. The van der Waals surface area contributed by atoms with Crippen LogP contribution < -0.4 is 0 Å².